The van der Waals surface area contributed by atoms with Crippen molar-refractivity contribution < 1.29 is 9.90 Å². The first-order chi connectivity index (χ1) is 5.17. The van der Waals surface area contributed by atoms with Gasteiger partial charge in [0.25, 0.3) is 0 Å². The van der Waals surface area contributed by atoms with Crippen LogP contribution in [0.15, 0.2) is 0 Å². The lowest BCUT2D eigenvalue weighted by Crippen LogP contribution is -2.30. The zero-order valence-corrected chi connectivity index (χ0v) is 8.77. The average Bonchev–Trinajstić information content (AvgIpc) is 1.81. The summed E-state index contributed by atoms with van der Waals surface area (Å²) >= 11 is 0. The van der Waals surface area contributed by atoms with Crippen LogP contribution in [0, 0.1) is 10.8 Å². The quantitative estimate of drug-likeness (QED) is 0.710. The molecule has 0 aromatic heterocycles. The molecule has 0 unspecified atom stereocenters. The minimum atomic E-state index is -0.702. The van der Waals surface area contributed by atoms with Gasteiger partial charge >= 0.3 is 5.97 Å². The van der Waals surface area contributed by atoms with Crippen molar-refractivity contribution in [1.82, 2.24) is 0 Å². The molecule has 1 N–H and O–H groups in total. The first-order valence-corrected chi connectivity index (χ1v) is 4.38. The van der Waals surface area contributed by atoms with Crippen molar-refractivity contribution in [2.75, 3.05) is 0 Å². The molecule has 2 heteroatoms. The molecule has 12 heavy (non-hydrogen) atoms. The molecule has 0 saturated carbocycles. The Morgan fingerprint density at radius 1 is 1.17 bits per heavy atom. The summed E-state index contributed by atoms with van der Waals surface area (Å²) in [6, 6.07) is 0. The standard InChI is InChI=1S/C10H20O2/c1-9(2,3)10(4,5)7-6-8(11)12/h6-7H2,1-5H3,(H,11,12). The molecule has 0 aliphatic carbocycles. The van der Waals surface area contributed by atoms with Crippen molar-refractivity contribution in [3.8, 4) is 0 Å². The van der Waals surface area contributed by atoms with Crippen LogP contribution < -0.4 is 0 Å². The Labute approximate surface area is 75.0 Å². The van der Waals surface area contributed by atoms with E-state index in [1.807, 2.05) is 0 Å². The highest BCUT2D eigenvalue weighted by Crippen LogP contribution is 2.41. The Balaban J connectivity index is 4.14. The molecular weight excluding hydrogens is 152 g/mol. The van der Waals surface area contributed by atoms with E-state index in [-0.39, 0.29) is 17.3 Å². The van der Waals surface area contributed by atoms with Crippen LogP contribution in [-0.2, 0) is 4.79 Å². The maximum Gasteiger partial charge on any atom is 0.303 e. The second-order valence-electron chi connectivity index (χ2n) is 5.03. The molecule has 0 bridgehead atoms. The first kappa shape index (κ1) is 11.5. The van der Waals surface area contributed by atoms with E-state index >= 15 is 0 Å². The maximum absolute atomic E-state index is 10.4. The summed E-state index contributed by atoms with van der Waals surface area (Å²) in [6.45, 7) is 10.7. The molecular formula is C10H20O2. The van der Waals surface area contributed by atoms with Gasteiger partial charge in [-0.15, -0.1) is 0 Å². The van der Waals surface area contributed by atoms with Crippen LogP contribution in [0.25, 0.3) is 0 Å². The summed E-state index contributed by atoms with van der Waals surface area (Å²) in [4.78, 5) is 10.4. The zero-order valence-electron chi connectivity index (χ0n) is 8.77. The van der Waals surface area contributed by atoms with Crippen molar-refractivity contribution in [2.45, 2.75) is 47.5 Å². The molecule has 72 valence electrons. The summed E-state index contributed by atoms with van der Waals surface area (Å²) < 4.78 is 0. The van der Waals surface area contributed by atoms with Gasteiger partial charge in [0.1, 0.15) is 0 Å². The molecule has 0 aromatic carbocycles. The van der Waals surface area contributed by atoms with Gasteiger partial charge in [0.15, 0.2) is 0 Å². The number of carbonyl (C=O) groups is 1. The van der Waals surface area contributed by atoms with Gasteiger partial charge in [-0.1, -0.05) is 34.6 Å². The first-order valence-electron chi connectivity index (χ1n) is 4.38. The second kappa shape index (κ2) is 3.46. The Morgan fingerprint density at radius 3 is 1.83 bits per heavy atom. The normalized spacial score (nSPS) is 13.1. The van der Waals surface area contributed by atoms with Gasteiger partial charge < -0.3 is 5.11 Å². The van der Waals surface area contributed by atoms with Crippen LogP contribution in [0.2, 0.25) is 0 Å². The highest BCUT2D eigenvalue weighted by Gasteiger charge is 2.32. The van der Waals surface area contributed by atoms with Gasteiger partial charge in [0.05, 0.1) is 0 Å². The van der Waals surface area contributed by atoms with Crippen molar-refractivity contribution in [3.05, 3.63) is 0 Å². The molecule has 0 amide bonds. The van der Waals surface area contributed by atoms with E-state index in [1.165, 1.54) is 0 Å². The topological polar surface area (TPSA) is 37.3 Å². The van der Waals surface area contributed by atoms with Crippen LogP contribution in [0.1, 0.15) is 47.5 Å². The van der Waals surface area contributed by atoms with Gasteiger partial charge in [-0.3, -0.25) is 4.79 Å². The van der Waals surface area contributed by atoms with E-state index in [0.717, 1.165) is 6.42 Å². The molecule has 0 atom stereocenters. The zero-order chi connectivity index (χ0) is 9.99. The highest BCUT2D eigenvalue weighted by molar-refractivity contribution is 5.66. The van der Waals surface area contributed by atoms with Crippen molar-refractivity contribution in [3.63, 3.8) is 0 Å². The summed E-state index contributed by atoms with van der Waals surface area (Å²) in [5.41, 5.74) is 0.258. The number of carboxylic acid groups (broad SMARTS) is 1. The summed E-state index contributed by atoms with van der Waals surface area (Å²) in [5.74, 6) is -0.702. The lowest BCUT2D eigenvalue weighted by Gasteiger charge is -2.38. The molecule has 2 nitrogen and oxygen atoms in total. The van der Waals surface area contributed by atoms with E-state index in [2.05, 4.69) is 34.6 Å². The molecule has 0 rings (SSSR count). The number of rotatable bonds is 3. The molecule has 0 aliphatic rings. The van der Waals surface area contributed by atoms with E-state index < -0.39 is 5.97 Å². The fourth-order valence-electron chi connectivity index (χ4n) is 0.794. The van der Waals surface area contributed by atoms with E-state index in [1.54, 1.807) is 0 Å². The Bertz CT molecular complexity index is 163. The van der Waals surface area contributed by atoms with Crippen LogP contribution in [0.3, 0.4) is 0 Å². The van der Waals surface area contributed by atoms with Gasteiger partial charge in [-0.2, -0.15) is 0 Å². The number of hydrogen-bond acceptors (Lipinski definition) is 1. The lowest BCUT2D eigenvalue weighted by atomic mass is 9.67. The van der Waals surface area contributed by atoms with Gasteiger partial charge in [0.2, 0.25) is 0 Å². The SMILES string of the molecule is CC(C)(C)C(C)(C)CCC(=O)O. The van der Waals surface area contributed by atoms with Crippen LogP contribution in [-0.4, -0.2) is 11.1 Å². The van der Waals surface area contributed by atoms with Crippen molar-refractivity contribution in [1.29, 1.82) is 0 Å². The smallest absolute Gasteiger partial charge is 0.303 e. The van der Waals surface area contributed by atoms with Crippen molar-refractivity contribution in [2.24, 2.45) is 10.8 Å². The monoisotopic (exact) mass is 172 g/mol. The van der Waals surface area contributed by atoms with Crippen LogP contribution >= 0.6 is 0 Å². The van der Waals surface area contributed by atoms with E-state index in [0.29, 0.717) is 0 Å². The van der Waals surface area contributed by atoms with Crippen LogP contribution in [0.4, 0.5) is 0 Å². The van der Waals surface area contributed by atoms with Gasteiger partial charge in [-0.05, 0) is 17.3 Å². The number of hydrogen-bond donors (Lipinski definition) is 1. The van der Waals surface area contributed by atoms with E-state index in [9.17, 15) is 4.79 Å². The Morgan fingerprint density at radius 2 is 1.58 bits per heavy atom. The summed E-state index contributed by atoms with van der Waals surface area (Å²) in [6.07, 6.45) is 1.01. The molecule has 0 radical (unpaired) electrons. The minimum absolute atomic E-state index is 0.0887. The minimum Gasteiger partial charge on any atom is -0.481 e. The lowest BCUT2D eigenvalue weighted by molar-refractivity contribution is -0.138. The summed E-state index contributed by atoms with van der Waals surface area (Å²) in [5, 5.41) is 8.54. The molecule has 0 spiro atoms. The Kier molecular flexibility index (Phi) is 3.31. The maximum atomic E-state index is 10.4. The highest BCUT2D eigenvalue weighted by atomic mass is 16.4. The molecule has 0 saturated heterocycles. The predicted octanol–water partition coefficient (Wildman–Crippen LogP) is 2.92. The van der Waals surface area contributed by atoms with Gasteiger partial charge in [0, 0.05) is 6.42 Å². The fourth-order valence-corrected chi connectivity index (χ4v) is 0.794. The second-order valence-corrected chi connectivity index (χ2v) is 5.03. The molecule has 0 aliphatic heterocycles. The predicted molar refractivity (Wildman–Crippen MR) is 50.1 cm³/mol. The molecule has 0 fully saturated rings. The third-order valence-corrected chi connectivity index (χ3v) is 2.99. The molecule has 0 heterocycles. The summed E-state index contributed by atoms with van der Waals surface area (Å²) in [7, 11) is 0. The van der Waals surface area contributed by atoms with E-state index in [4.69, 9.17) is 5.11 Å². The Hall–Kier alpha value is -0.530. The molecule has 0 aromatic rings. The third-order valence-electron chi connectivity index (χ3n) is 2.99. The average molecular weight is 172 g/mol. The number of carboxylic acids is 1. The largest absolute Gasteiger partial charge is 0.481 e. The van der Waals surface area contributed by atoms with Crippen molar-refractivity contribution >= 4 is 5.97 Å². The van der Waals surface area contributed by atoms with Crippen LogP contribution in [0.5, 0.6) is 0 Å². The van der Waals surface area contributed by atoms with Gasteiger partial charge in [-0.25, -0.2) is 0 Å². The fraction of sp³-hybridized carbons (Fsp3) is 0.900. The third kappa shape index (κ3) is 3.24. The number of aliphatic carboxylic acids is 1.